The maximum Gasteiger partial charge on any atom is 0.274 e. The lowest BCUT2D eigenvalue weighted by Crippen LogP contribution is -2.35. The van der Waals surface area contributed by atoms with Crippen molar-refractivity contribution in [1.82, 2.24) is 9.71 Å². The summed E-state index contributed by atoms with van der Waals surface area (Å²) in [7, 11) is -1.84. The van der Waals surface area contributed by atoms with Crippen LogP contribution in [0.25, 0.3) is 0 Å². The highest BCUT2D eigenvalue weighted by molar-refractivity contribution is 7.89. The third-order valence-corrected chi connectivity index (χ3v) is 10.6. The van der Waals surface area contributed by atoms with E-state index in [4.69, 9.17) is 10.1 Å². The van der Waals surface area contributed by atoms with E-state index in [0.29, 0.717) is 35.6 Å². The number of carbonyl (C=O) groups excluding carboxylic acids is 1. The van der Waals surface area contributed by atoms with Crippen LogP contribution < -0.4 is 24.7 Å². The molecule has 4 heterocycles. The molecule has 1 aromatic carbocycles. The molecule has 12 heteroatoms. The van der Waals surface area contributed by atoms with E-state index in [-0.39, 0.29) is 30.3 Å². The first-order valence-electron chi connectivity index (χ1n) is 14.5. The van der Waals surface area contributed by atoms with Gasteiger partial charge in [-0.25, -0.2) is 22.5 Å². The lowest BCUT2D eigenvalue weighted by Gasteiger charge is -2.35. The Morgan fingerprint density at radius 1 is 1.07 bits per heavy atom. The number of rotatable bonds is 8. The Morgan fingerprint density at radius 2 is 1.80 bits per heavy atom. The predicted octanol–water partition coefficient (Wildman–Crippen LogP) is 2.92. The quantitative estimate of drug-likeness (QED) is 0.432. The minimum Gasteiger partial charge on any atom is -0.395 e. The molecule has 41 heavy (non-hydrogen) atoms. The lowest BCUT2D eigenvalue weighted by atomic mass is 9.93. The van der Waals surface area contributed by atoms with E-state index >= 15 is 0 Å². The van der Waals surface area contributed by atoms with Crippen molar-refractivity contribution in [3.8, 4) is 0 Å². The first kappa shape index (κ1) is 28.2. The predicted molar refractivity (Wildman–Crippen MR) is 157 cm³/mol. The molecule has 222 valence electrons. The molecule has 0 bridgehead atoms. The van der Waals surface area contributed by atoms with Crippen LogP contribution in [0, 0.1) is 5.41 Å². The largest absolute Gasteiger partial charge is 0.395 e. The molecule has 1 amide bonds. The van der Waals surface area contributed by atoms with E-state index in [1.165, 1.54) is 18.9 Å². The number of hydrogen-bond acceptors (Lipinski definition) is 8. The Hall–Kier alpha value is -2.96. The second kappa shape index (κ2) is 10.4. The van der Waals surface area contributed by atoms with Crippen LogP contribution >= 0.6 is 0 Å². The molecule has 1 aromatic heterocycles. The van der Waals surface area contributed by atoms with Gasteiger partial charge in [-0.05, 0) is 74.3 Å². The third kappa shape index (κ3) is 5.61. The molecule has 3 N–H and O–H groups in total. The van der Waals surface area contributed by atoms with E-state index in [2.05, 4.69) is 19.8 Å². The van der Waals surface area contributed by atoms with Crippen LogP contribution in [0.1, 0.15) is 55.1 Å². The SMILES string of the molecule is CN1CCc2cc(C(=O)Nc3ccc(S(=O)(=O)NCCO)cc3N3CCC4(CC3)CC4)nc(N3CCC(C)(F)C3)c21. The smallest absolute Gasteiger partial charge is 0.274 e. The van der Waals surface area contributed by atoms with E-state index < -0.39 is 21.6 Å². The first-order chi connectivity index (χ1) is 19.5. The average Bonchev–Trinajstić information content (AvgIpc) is 3.44. The van der Waals surface area contributed by atoms with Gasteiger partial charge in [-0.1, -0.05) is 0 Å². The van der Waals surface area contributed by atoms with Gasteiger partial charge in [0.1, 0.15) is 11.4 Å². The lowest BCUT2D eigenvalue weighted by molar-refractivity contribution is 0.102. The molecule has 1 atom stereocenters. The molecule has 0 radical (unpaired) electrons. The zero-order chi connectivity index (χ0) is 29.0. The van der Waals surface area contributed by atoms with Crippen LogP contribution in [0.2, 0.25) is 0 Å². The fourth-order valence-corrected chi connectivity index (χ4v) is 7.46. The van der Waals surface area contributed by atoms with Gasteiger partial charge in [-0.3, -0.25) is 4.79 Å². The van der Waals surface area contributed by atoms with Crippen LogP contribution in [-0.2, 0) is 16.4 Å². The molecular formula is C29H39FN6O4S. The number of fused-ring (bicyclic) bond motifs is 1. The molecule has 2 saturated heterocycles. The van der Waals surface area contributed by atoms with Gasteiger partial charge in [0.25, 0.3) is 5.91 Å². The second-order valence-electron chi connectivity index (χ2n) is 12.3. The van der Waals surface area contributed by atoms with Crippen molar-refractivity contribution in [2.24, 2.45) is 5.41 Å². The number of sulfonamides is 1. The molecular weight excluding hydrogens is 547 g/mol. The minimum absolute atomic E-state index is 0.0786. The van der Waals surface area contributed by atoms with Crippen LogP contribution in [0.4, 0.5) is 27.3 Å². The fraction of sp³-hybridized carbons (Fsp3) is 0.586. The topological polar surface area (TPSA) is 118 Å². The molecule has 1 aliphatic carbocycles. The number of carbonyl (C=O) groups is 1. The van der Waals surface area contributed by atoms with Gasteiger partial charge >= 0.3 is 0 Å². The number of nitrogens with one attached hydrogen (secondary N) is 2. The molecule has 1 spiro atoms. The number of halogens is 1. The molecule has 1 saturated carbocycles. The van der Waals surface area contributed by atoms with Gasteiger partial charge in [0.15, 0.2) is 5.82 Å². The fourth-order valence-electron chi connectivity index (χ4n) is 6.42. The maximum atomic E-state index is 14.8. The number of aliphatic hydroxyl groups is 1. The van der Waals surface area contributed by atoms with Crippen LogP contribution in [0.15, 0.2) is 29.2 Å². The number of aliphatic hydroxyl groups excluding tert-OH is 1. The van der Waals surface area contributed by atoms with Crippen molar-refractivity contribution in [2.75, 3.05) is 72.9 Å². The van der Waals surface area contributed by atoms with E-state index in [1.807, 2.05) is 18.0 Å². The molecule has 10 nitrogen and oxygen atoms in total. The highest BCUT2D eigenvalue weighted by Gasteiger charge is 2.44. The van der Waals surface area contributed by atoms with Crippen molar-refractivity contribution in [3.05, 3.63) is 35.5 Å². The van der Waals surface area contributed by atoms with E-state index in [0.717, 1.165) is 50.1 Å². The first-order valence-corrected chi connectivity index (χ1v) is 16.0. The Balaban J connectivity index is 1.32. The number of likely N-dealkylation sites (N-methyl/N-ethyl adjacent to an activating group) is 1. The number of piperidine rings is 1. The summed E-state index contributed by atoms with van der Waals surface area (Å²) in [4.78, 5) is 24.7. The van der Waals surface area contributed by atoms with Crippen LogP contribution in [0.5, 0.6) is 0 Å². The summed E-state index contributed by atoms with van der Waals surface area (Å²) in [5.41, 5.74) is 2.50. The Kier molecular flexibility index (Phi) is 7.14. The summed E-state index contributed by atoms with van der Waals surface area (Å²) in [5, 5.41) is 12.1. The van der Waals surface area contributed by atoms with Gasteiger partial charge in [-0.2, -0.15) is 0 Å². The summed E-state index contributed by atoms with van der Waals surface area (Å²) in [6.07, 6.45) is 5.73. The molecule has 4 aliphatic rings. The van der Waals surface area contributed by atoms with Crippen molar-refractivity contribution < 1.29 is 22.7 Å². The van der Waals surface area contributed by atoms with Crippen molar-refractivity contribution in [1.29, 1.82) is 0 Å². The summed E-state index contributed by atoms with van der Waals surface area (Å²) in [5.74, 6) is 0.244. The van der Waals surface area contributed by atoms with Crippen LogP contribution in [0.3, 0.4) is 0 Å². The third-order valence-electron chi connectivity index (χ3n) is 9.16. The number of benzene rings is 1. The highest BCUT2D eigenvalue weighted by atomic mass is 32.2. The minimum atomic E-state index is -3.83. The highest BCUT2D eigenvalue weighted by Crippen LogP contribution is 2.54. The zero-order valence-corrected chi connectivity index (χ0v) is 24.6. The van der Waals surface area contributed by atoms with Gasteiger partial charge in [0.2, 0.25) is 10.0 Å². The number of amides is 1. The Bertz CT molecular complexity index is 1450. The zero-order valence-electron chi connectivity index (χ0n) is 23.7. The summed E-state index contributed by atoms with van der Waals surface area (Å²) < 4.78 is 42.9. The second-order valence-corrected chi connectivity index (χ2v) is 14.1. The Morgan fingerprint density at radius 3 is 2.46 bits per heavy atom. The number of hydrogen-bond donors (Lipinski definition) is 3. The summed E-state index contributed by atoms with van der Waals surface area (Å²) in [6, 6.07) is 6.51. The number of pyridine rings is 1. The average molecular weight is 587 g/mol. The standard InChI is InChI=1S/C29H39FN6O4S/c1-28(30)8-13-36(19-28)26-25-20(5-12-34(25)2)17-23(32-26)27(38)33-22-4-3-21(41(39,40)31-11-16-37)18-24(22)35-14-9-29(6-7-29)10-15-35/h3-4,17-18,31,37H,5-16,19H2,1-2H3,(H,33,38). The molecule has 6 rings (SSSR count). The normalized spacial score (nSPS) is 23.3. The number of anilines is 4. The molecule has 3 aliphatic heterocycles. The van der Waals surface area contributed by atoms with Crippen molar-refractivity contribution >= 4 is 38.8 Å². The van der Waals surface area contributed by atoms with Gasteiger partial charge in [0, 0.05) is 46.2 Å². The number of alkyl halides is 1. The van der Waals surface area contributed by atoms with Crippen LogP contribution in [-0.4, -0.2) is 83.0 Å². The van der Waals surface area contributed by atoms with E-state index in [9.17, 15) is 17.6 Å². The van der Waals surface area contributed by atoms with Crippen molar-refractivity contribution in [2.45, 2.75) is 56.0 Å². The summed E-state index contributed by atoms with van der Waals surface area (Å²) >= 11 is 0. The summed E-state index contributed by atoms with van der Waals surface area (Å²) in [6.45, 7) is 4.34. The molecule has 3 fully saturated rings. The van der Waals surface area contributed by atoms with Gasteiger partial charge in [-0.15, -0.1) is 0 Å². The van der Waals surface area contributed by atoms with E-state index in [1.54, 1.807) is 19.1 Å². The number of aromatic nitrogens is 1. The monoisotopic (exact) mass is 586 g/mol. The Labute approximate surface area is 241 Å². The molecule has 2 aromatic rings. The van der Waals surface area contributed by atoms with Gasteiger partial charge in [0.05, 0.1) is 35.1 Å². The van der Waals surface area contributed by atoms with Gasteiger partial charge < -0.3 is 25.1 Å². The molecule has 1 unspecified atom stereocenters. The number of nitrogens with zero attached hydrogens (tertiary/aromatic N) is 4. The van der Waals surface area contributed by atoms with Crippen molar-refractivity contribution in [3.63, 3.8) is 0 Å². The maximum absolute atomic E-state index is 14.8.